The van der Waals surface area contributed by atoms with E-state index in [1.165, 1.54) is 13.1 Å². The van der Waals surface area contributed by atoms with Crippen molar-refractivity contribution < 1.29 is 9.59 Å². The van der Waals surface area contributed by atoms with Crippen LogP contribution < -0.4 is 10.6 Å². The molecule has 0 aliphatic carbocycles. The van der Waals surface area contributed by atoms with Gasteiger partial charge >= 0.3 is 0 Å². The molecule has 0 unspecified atom stereocenters. The number of carbonyl (C=O) groups excluding carboxylic acids is 2. The van der Waals surface area contributed by atoms with Crippen molar-refractivity contribution in [3.05, 3.63) is 47.8 Å². The minimum atomic E-state index is -0.329. The normalized spacial score (nSPS) is 10.4. The molecule has 0 fully saturated rings. The minimum Gasteiger partial charge on any atom is -0.352 e. The highest BCUT2D eigenvalue weighted by Gasteiger charge is 2.10. The van der Waals surface area contributed by atoms with Gasteiger partial charge in [-0.2, -0.15) is 0 Å². The topological polar surface area (TPSA) is 84.0 Å². The maximum absolute atomic E-state index is 12.2. The first kappa shape index (κ1) is 15.6. The first-order valence-corrected chi connectivity index (χ1v) is 6.97. The zero-order chi connectivity index (χ0) is 16.1. The fraction of sp³-hybridized carbons (Fsp3) is 0.250. The number of amides is 1. The molecule has 0 aliphatic rings. The number of rotatable bonds is 5. The first-order chi connectivity index (χ1) is 10.5. The smallest absolute Gasteiger partial charge is 0.274 e. The van der Waals surface area contributed by atoms with E-state index in [0.717, 1.165) is 0 Å². The van der Waals surface area contributed by atoms with E-state index in [4.69, 9.17) is 0 Å². The van der Waals surface area contributed by atoms with Crippen LogP contribution in [0.15, 0.2) is 36.5 Å². The molecular formula is C16H18N4O2. The van der Waals surface area contributed by atoms with E-state index in [9.17, 15) is 9.59 Å². The molecule has 6 nitrogen and oxygen atoms in total. The Hall–Kier alpha value is -2.76. The Balaban J connectivity index is 2.10. The van der Waals surface area contributed by atoms with E-state index < -0.39 is 0 Å². The Kier molecular flexibility index (Phi) is 4.83. The van der Waals surface area contributed by atoms with E-state index >= 15 is 0 Å². The van der Waals surface area contributed by atoms with Gasteiger partial charge in [0.15, 0.2) is 5.78 Å². The average Bonchev–Trinajstić information content (AvgIpc) is 2.47. The Labute approximate surface area is 129 Å². The monoisotopic (exact) mass is 298 g/mol. The van der Waals surface area contributed by atoms with Crippen molar-refractivity contribution in [3.8, 4) is 0 Å². The number of ketones is 1. The zero-order valence-corrected chi connectivity index (χ0v) is 12.8. The predicted octanol–water partition coefficient (Wildman–Crippen LogP) is 2.75. The van der Waals surface area contributed by atoms with Crippen LogP contribution in [0.2, 0.25) is 0 Å². The van der Waals surface area contributed by atoms with Gasteiger partial charge in [-0.25, -0.2) is 9.97 Å². The lowest BCUT2D eigenvalue weighted by atomic mass is 10.1. The highest BCUT2D eigenvalue weighted by molar-refractivity contribution is 6.03. The van der Waals surface area contributed by atoms with Gasteiger partial charge in [-0.05, 0) is 51.1 Å². The van der Waals surface area contributed by atoms with Gasteiger partial charge in [0, 0.05) is 23.5 Å². The van der Waals surface area contributed by atoms with Crippen LogP contribution in [-0.2, 0) is 0 Å². The summed E-state index contributed by atoms with van der Waals surface area (Å²) in [7, 11) is 0. The van der Waals surface area contributed by atoms with Crippen molar-refractivity contribution in [2.45, 2.75) is 26.8 Å². The van der Waals surface area contributed by atoms with Crippen LogP contribution in [0.3, 0.4) is 0 Å². The first-order valence-electron chi connectivity index (χ1n) is 6.97. The summed E-state index contributed by atoms with van der Waals surface area (Å²) in [5.74, 6) is 0.0671. The van der Waals surface area contributed by atoms with Crippen LogP contribution >= 0.6 is 0 Å². The number of carbonyl (C=O) groups is 2. The molecule has 1 heterocycles. The Morgan fingerprint density at radius 3 is 2.36 bits per heavy atom. The van der Waals surface area contributed by atoms with E-state index in [-0.39, 0.29) is 23.4 Å². The summed E-state index contributed by atoms with van der Waals surface area (Å²) in [6.07, 6.45) is 1.53. The fourth-order valence-electron chi connectivity index (χ4n) is 1.80. The summed E-state index contributed by atoms with van der Waals surface area (Å²) in [5, 5.41) is 5.78. The molecular weight excluding hydrogens is 280 g/mol. The third kappa shape index (κ3) is 4.12. The van der Waals surface area contributed by atoms with Crippen molar-refractivity contribution in [2.75, 3.05) is 10.6 Å². The molecule has 2 rings (SSSR count). The lowest BCUT2D eigenvalue weighted by molar-refractivity contribution is 0.101. The van der Waals surface area contributed by atoms with Crippen molar-refractivity contribution in [1.29, 1.82) is 0 Å². The van der Waals surface area contributed by atoms with Crippen LogP contribution in [0.4, 0.5) is 11.6 Å². The third-order valence-corrected chi connectivity index (χ3v) is 2.86. The Bertz CT molecular complexity index is 681. The van der Waals surface area contributed by atoms with E-state index in [2.05, 4.69) is 20.6 Å². The minimum absolute atomic E-state index is 0.0157. The molecule has 6 heteroatoms. The lowest BCUT2D eigenvalue weighted by Gasteiger charge is -2.09. The van der Waals surface area contributed by atoms with Gasteiger partial charge in [0.05, 0.1) is 0 Å². The van der Waals surface area contributed by atoms with E-state index in [1.54, 1.807) is 30.3 Å². The zero-order valence-electron chi connectivity index (χ0n) is 12.8. The maximum Gasteiger partial charge on any atom is 0.274 e. The van der Waals surface area contributed by atoms with Gasteiger partial charge < -0.3 is 10.6 Å². The number of nitrogens with one attached hydrogen (secondary N) is 2. The number of benzene rings is 1. The second-order valence-electron chi connectivity index (χ2n) is 5.15. The number of nitrogens with zero attached hydrogens (tertiary/aromatic N) is 2. The molecule has 1 aromatic heterocycles. The van der Waals surface area contributed by atoms with Gasteiger partial charge in [-0.1, -0.05) is 0 Å². The number of aromatic nitrogens is 2. The number of hydrogen-bond acceptors (Lipinski definition) is 5. The molecule has 0 bridgehead atoms. The maximum atomic E-state index is 12.2. The van der Waals surface area contributed by atoms with Crippen LogP contribution in [0.25, 0.3) is 0 Å². The molecule has 0 aliphatic heterocycles. The van der Waals surface area contributed by atoms with E-state index in [0.29, 0.717) is 17.2 Å². The third-order valence-electron chi connectivity index (χ3n) is 2.86. The highest BCUT2D eigenvalue weighted by atomic mass is 16.2. The molecule has 114 valence electrons. The van der Waals surface area contributed by atoms with Gasteiger partial charge in [-0.15, -0.1) is 0 Å². The second-order valence-corrected chi connectivity index (χ2v) is 5.15. The Morgan fingerprint density at radius 1 is 1.09 bits per heavy atom. The van der Waals surface area contributed by atoms with Gasteiger partial charge in [0.2, 0.25) is 5.95 Å². The summed E-state index contributed by atoms with van der Waals surface area (Å²) >= 11 is 0. The molecule has 0 saturated carbocycles. The van der Waals surface area contributed by atoms with E-state index in [1.807, 2.05) is 13.8 Å². The summed E-state index contributed by atoms with van der Waals surface area (Å²) in [4.78, 5) is 31.6. The summed E-state index contributed by atoms with van der Waals surface area (Å²) in [6, 6.07) is 8.43. The standard InChI is InChI=1S/C16H18N4O2/c1-10(2)18-16-17-9-8-14(20-16)15(22)19-13-6-4-12(5-7-13)11(3)21/h4-10H,1-3H3,(H,19,22)(H,17,18,20). The largest absolute Gasteiger partial charge is 0.352 e. The van der Waals surface area contributed by atoms with Crippen molar-refractivity contribution in [3.63, 3.8) is 0 Å². The van der Waals surface area contributed by atoms with Crippen LogP contribution in [0, 0.1) is 0 Å². The summed E-state index contributed by atoms with van der Waals surface area (Å²) < 4.78 is 0. The summed E-state index contributed by atoms with van der Waals surface area (Å²) in [6.45, 7) is 5.43. The van der Waals surface area contributed by atoms with Crippen LogP contribution in [0.5, 0.6) is 0 Å². The molecule has 0 atom stereocenters. The van der Waals surface area contributed by atoms with Gasteiger partial charge in [-0.3, -0.25) is 9.59 Å². The molecule has 1 aromatic carbocycles. The molecule has 2 aromatic rings. The quantitative estimate of drug-likeness (QED) is 0.829. The lowest BCUT2D eigenvalue weighted by Crippen LogP contribution is -2.17. The SMILES string of the molecule is CC(=O)c1ccc(NC(=O)c2ccnc(NC(C)C)n2)cc1. The van der Waals surface area contributed by atoms with Crippen molar-refractivity contribution in [1.82, 2.24) is 9.97 Å². The molecule has 2 N–H and O–H groups in total. The number of Topliss-reactive ketones (excluding diaryl/α,β-unsaturated/α-hetero) is 1. The van der Waals surface area contributed by atoms with Crippen LogP contribution in [-0.4, -0.2) is 27.7 Å². The molecule has 1 amide bonds. The predicted molar refractivity (Wildman–Crippen MR) is 85.2 cm³/mol. The highest BCUT2D eigenvalue weighted by Crippen LogP contribution is 2.12. The molecule has 0 saturated heterocycles. The average molecular weight is 298 g/mol. The number of hydrogen-bond donors (Lipinski definition) is 2. The van der Waals surface area contributed by atoms with Gasteiger partial charge in [0.25, 0.3) is 5.91 Å². The van der Waals surface area contributed by atoms with Crippen molar-refractivity contribution in [2.24, 2.45) is 0 Å². The second kappa shape index (κ2) is 6.80. The fourth-order valence-corrected chi connectivity index (χ4v) is 1.80. The van der Waals surface area contributed by atoms with Crippen molar-refractivity contribution >= 4 is 23.3 Å². The van der Waals surface area contributed by atoms with Crippen LogP contribution in [0.1, 0.15) is 41.6 Å². The summed E-state index contributed by atoms with van der Waals surface area (Å²) in [5.41, 5.74) is 1.48. The Morgan fingerprint density at radius 2 is 1.77 bits per heavy atom. The molecule has 0 spiro atoms. The number of anilines is 2. The van der Waals surface area contributed by atoms with Gasteiger partial charge in [0.1, 0.15) is 5.69 Å². The molecule has 0 radical (unpaired) electrons. The molecule has 22 heavy (non-hydrogen) atoms.